The van der Waals surface area contributed by atoms with Crippen LogP contribution in [0.2, 0.25) is 0 Å². The Morgan fingerprint density at radius 3 is 2.54 bits per heavy atom. The van der Waals surface area contributed by atoms with Crippen molar-refractivity contribution >= 4 is 22.6 Å². The Balaban J connectivity index is 1.54. The van der Waals surface area contributed by atoms with Crippen molar-refractivity contribution in [3.8, 4) is 0 Å². The highest BCUT2D eigenvalue weighted by Crippen LogP contribution is 2.28. The van der Waals surface area contributed by atoms with E-state index in [1.54, 1.807) is 0 Å². The number of pyridine rings is 1. The summed E-state index contributed by atoms with van der Waals surface area (Å²) in [4.78, 5) is 22.3. The molecule has 0 spiro atoms. The lowest BCUT2D eigenvalue weighted by atomic mass is 9.99. The standard InChI is InChI=1S/C23H23N3O2/c27-23(25-11-13-28-14-12-25)20-15-22(24-21-8-4-3-7-19(20)21)26-10-9-17-5-1-2-6-18(17)16-26/h1-8,15H,9-14,16H2. The number of para-hydroxylation sites is 1. The minimum absolute atomic E-state index is 0.0700. The highest BCUT2D eigenvalue weighted by molar-refractivity contribution is 6.07. The van der Waals surface area contributed by atoms with Gasteiger partial charge in [0.25, 0.3) is 5.91 Å². The van der Waals surface area contributed by atoms with Gasteiger partial charge in [0.1, 0.15) is 5.82 Å². The van der Waals surface area contributed by atoms with Crippen LogP contribution in [0.25, 0.3) is 10.9 Å². The lowest BCUT2D eigenvalue weighted by Gasteiger charge is -2.31. The van der Waals surface area contributed by atoms with Crippen molar-refractivity contribution in [3.63, 3.8) is 0 Å². The summed E-state index contributed by atoms with van der Waals surface area (Å²) in [5, 5.41) is 0.917. The predicted molar refractivity (Wildman–Crippen MR) is 110 cm³/mol. The van der Waals surface area contributed by atoms with Crippen molar-refractivity contribution in [1.82, 2.24) is 9.88 Å². The second-order valence-corrected chi connectivity index (χ2v) is 7.39. The van der Waals surface area contributed by atoms with E-state index in [2.05, 4.69) is 29.2 Å². The van der Waals surface area contributed by atoms with Gasteiger partial charge in [-0.3, -0.25) is 4.79 Å². The van der Waals surface area contributed by atoms with Crippen molar-refractivity contribution in [1.29, 1.82) is 0 Å². The van der Waals surface area contributed by atoms with E-state index in [4.69, 9.17) is 9.72 Å². The number of fused-ring (bicyclic) bond motifs is 2. The fraction of sp³-hybridized carbons (Fsp3) is 0.304. The van der Waals surface area contributed by atoms with Crippen LogP contribution in [0, 0.1) is 0 Å². The molecule has 2 aliphatic rings. The smallest absolute Gasteiger partial charge is 0.254 e. The van der Waals surface area contributed by atoms with Crippen molar-refractivity contribution in [2.45, 2.75) is 13.0 Å². The van der Waals surface area contributed by atoms with Gasteiger partial charge in [-0.1, -0.05) is 42.5 Å². The van der Waals surface area contributed by atoms with Gasteiger partial charge in [0.2, 0.25) is 0 Å². The van der Waals surface area contributed by atoms with Crippen molar-refractivity contribution in [3.05, 3.63) is 71.3 Å². The summed E-state index contributed by atoms with van der Waals surface area (Å²) in [6.07, 6.45) is 0.997. The number of hydrogen-bond acceptors (Lipinski definition) is 4. The quantitative estimate of drug-likeness (QED) is 0.692. The number of aromatic nitrogens is 1. The first-order valence-electron chi connectivity index (χ1n) is 9.88. The van der Waals surface area contributed by atoms with Crippen LogP contribution in [0.4, 0.5) is 5.82 Å². The van der Waals surface area contributed by atoms with Gasteiger partial charge in [0.05, 0.1) is 24.3 Å². The number of carbonyl (C=O) groups excluding carboxylic acids is 1. The summed E-state index contributed by atoms with van der Waals surface area (Å²) in [6, 6.07) is 18.5. The number of carbonyl (C=O) groups is 1. The molecule has 5 rings (SSSR count). The summed E-state index contributed by atoms with van der Waals surface area (Å²) in [5.74, 6) is 0.949. The Morgan fingerprint density at radius 2 is 1.68 bits per heavy atom. The Bertz CT molecular complexity index is 1030. The van der Waals surface area contributed by atoms with Crippen molar-refractivity contribution in [2.24, 2.45) is 0 Å². The molecule has 0 bridgehead atoms. The van der Waals surface area contributed by atoms with Crippen molar-refractivity contribution < 1.29 is 9.53 Å². The van der Waals surface area contributed by atoms with E-state index in [9.17, 15) is 4.79 Å². The first-order valence-corrected chi connectivity index (χ1v) is 9.88. The zero-order chi connectivity index (χ0) is 18.9. The van der Waals surface area contributed by atoms with E-state index in [1.165, 1.54) is 11.1 Å². The molecule has 0 N–H and O–H groups in total. The molecule has 1 aromatic heterocycles. The van der Waals surface area contributed by atoms with Crippen LogP contribution in [-0.2, 0) is 17.7 Å². The van der Waals surface area contributed by atoms with Gasteiger partial charge in [-0.15, -0.1) is 0 Å². The Hall–Kier alpha value is -2.92. The molecule has 1 fully saturated rings. The maximum Gasteiger partial charge on any atom is 0.254 e. The molecule has 0 unspecified atom stereocenters. The van der Waals surface area contributed by atoms with E-state index in [-0.39, 0.29) is 5.91 Å². The molecule has 1 amide bonds. The topological polar surface area (TPSA) is 45.7 Å². The lowest BCUT2D eigenvalue weighted by Crippen LogP contribution is -2.41. The van der Waals surface area contributed by atoms with Crippen LogP contribution in [-0.4, -0.2) is 48.6 Å². The van der Waals surface area contributed by atoms with E-state index in [0.29, 0.717) is 26.3 Å². The molecule has 0 atom stereocenters. The van der Waals surface area contributed by atoms with Crippen LogP contribution in [0.3, 0.4) is 0 Å². The van der Waals surface area contributed by atoms with E-state index < -0.39 is 0 Å². The maximum absolute atomic E-state index is 13.3. The molecule has 3 heterocycles. The third-order valence-corrected chi connectivity index (χ3v) is 5.69. The molecule has 0 radical (unpaired) electrons. The molecule has 5 nitrogen and oxygen atoms in total. The first kappa shape index (κ1) is 17.2. The highest BCUT2D eigenvalue weighted by atomic mass is 16.5. The number of benzene rings is 2. The van der Waals surface area contributed by atoms with Crippen molar-refractivity contribution in [2.75, 3.05) is 37.7 Å². The van der Waals surface area contributed by atoms with E-state index in [0.717, 1.165) is 41.8 Å². The second kappa shape index (κ2) is 7.24. The average Bonchev–Trinajstić information content (AvgIpc) is 2.78. The lowest BCUT2D eigenvalue weighted by molar-refractivity contribution is 0.0304. The molecule has 2 aromatic carbocycles. The number of morpholine rings is 1. The number of rotatable bonds is 2. The third-order valence-electron chi connectivity index (χ3n) is 5.69. The van der Waals surface area contributed by atoms with Gasteiger partial charge in [0.15, 0.2) is 0 Å². The number of hydrogen-bond donors (Lipinski definition) is 0. The van der Waals surface area contributed by atoms with Gasteiger partial charge in [-0.2, -0.15) is 0 Å². The Morgan fingerprint density at radius 1 is 0.929 bits per heavy atom. The molecule has 5 heteroatoms. The molecular formula is C23H23N3O2. The summed E-state index contributed by atoms with van der Waals surface area (Å²) in [5.41, 5.74) is 4.35. The van der Waals surface area contributed by atoms with Gasteiger partial charge in [0, 0.05) is 31.6 Å². The van der Waals surface area contributed by atoms with Crippen LogP contribution in [0.5, 0.6) is 0 Å². The zero-order valence-corrected chi connectivity index (χ0v) is 15.8. The summed E-state index contributed by atoms with van der Waals surface area (Å²) in [6.45, 7) is 4.22. The number of nitrogens with zero attached hydrogens (tertiary/aromatic N) is 3. The fourth-order valence-electron chi connectivity index (χ4n) is 4.13. The maximum atomic E-state index is 13.3. The second-order valence-electron chi connectivity index (χ2n) is 7.39. The molecular weight excluding hydrogens is 350 g/mol. The van der Waals surface area contributed by atoms with Gasteiger partial charge in [-0.05, 0) is 29.7 Å². The summed E-state index contributed by atoms with van der Waals surface area (Å²) < 4.78 is 5.41. The molecule has 0 saturated carbocycles. The summed E-state index contributed by atoms with van der Waals surface area (Å²) in [7, 11) is 0. The first-order chi connectivity index (χ1) is 13.8. The summed E-state index contributed by atoms with van der Waals surface area (Å²) >= 11 is 0. The van der Waals surface area contributed by atoms with Crippen LogP contribution in [0.15, 0.2) is 54.6 Å². The van der Waals surface area contributed by atoms with Gasteiger partial charge < -0.3 is 14.5 Å². The van der Waals surface area contributed by atoms with Crippen LogP contribution >= 0.6 is 0 Å². The Kier molecular flexibility index (Phi) is 4.45. The third kappa shape index (κ3) is 3.12. The molecule has 142 valence electrons. The normalized spacial score (nSPS) is 16.9. The SMILES string of the molecule is O=C(c1cc(N2CCc3ccccc3C2)nc2ccccc12)N1CCOCC1. The van der Waals surface area contributed by atoms with Gasteiger partial charge >= 0.3 is 0 Å². The van der Waals surface area contributed by atoms with Crippen LogP contribution < -0.4 is 4.90 Å². The Labute approximate surface area is 164 Å². The molecule has 28 heavy (non-hydrogen) atoms. The monoisotopic (exact) mass is 373 g/mol. The molecule has 0 aliphatic carbocycles. The largest absolute Gasteiger partial charge is 0.378 e. The fourth-order valence-corrected chi connectivity index (χ4v) is 4.13. The van der Waals surface area contributed by atoms with E-state index >= 15 is 0 Å². The molecule has 2 aliphatic heterocycles. The zero-order valence-electron chi connectivity index (χ0n) is 15.8. The van der Waals surface area contributed by atoms with E-state index in [1.807, 2.05) is 35.2 Å². The number of amides is 1. The molecule has 1 saturated heterocycles. The minimum atomic E-state index is 0.0700. The van der Waals surface area contributed by atoms with Crippen LogP contribution in [0.1, 0.15) is 21.5 Å². The van der Waals surface area contributed by atoms with Gasteiger partial charge in [-0.25, -0.2) is 4.98 Å². The highest BCUT2D eigenvalue weighted by Gasteiger charge is 2.24. The molecule has 3 aromatic rings. The number of ether oxygens (including phenoxy) is 1. The number of anilines is 1. The predicted octanol–water partition coefficient (Wildman–Crippen LogP) is 3.27. The minimum Gasteiger partial charge on any atom is -0.378 e. The average molecular weight is 373 g/mol.